The van der Waals surface area contributed by atoms with Crippen molar-refractivity contribution in [3.63, 3.8) is 0 Å². The van der Waals surface area contributed by atoms with Gasteiger partial charge in [0.05, 0.1) is 5.56 Å². The summed E-state index contributed by atoms with van der Waals surface area (Å²) in [5.41, 5.74) is 7.64. The van der Waals surface area contributed by atoms with Gasteiger partial charge in [0, 0.05) is 12.1 Å². The zero-order valence-corrected chi connectivity index (χ0v) is 17.6. The van der Waals surface area contributed by atoms with E-state index in [0.29, 0.717) is 0 Å². The van der Waals surface area contributed by atoms with Gasteiger partial charge in [-0.25, -0.2) is 0 Å². The van der Waals surface area contributed by atoms with Crippen LogP contribution in [-0.2, 0) is 6.54 Å². The van der Waals surface area contributed by atoms with E-state index in [1.54, 1.807) is 0 Å². The normalized spacial score (nSPS) is 14.7. The number of likely N-dealkylation sites (tertiary alicyclic amines) is 1. The van der Waals surface area contributed by atoms with Crippen LogP contribution in [0.5, 0.6) is 0 Å². The fraction of sp³-hybridized carbons (Fsp3) is 0.250. The predicted octanol–water partition coefficient (Wildman–Crippen LogP) is 6.69. The average Bonchev–Trinajstić information content (AvgIpc) is 2.80. The standard InChI is InChI=1S/C28H28N2/c1-22-19-23(14-16-26(22)21-30-17-6-3-7-18-30)13-15-25-11-8-12-27(28(25)20-29)24-9-4-2-5-10-24/h2,4-5,8-16,19H,3,6-7,17-18,21H2,1H3/b15-13+. The lowest BCUT2D eigenvalue weighted by Crippen LogP contribution is -2.29. The van der Waals surface area contributed by atoms with E-state index in [4.69, 9.17) is 0 Å². The highest BCUT2D eigenvalue weighted by Gasteiger charge is 2.12. The van der Waals surface area contributed by atoms with Crippen LogP contribution in [-0.4, -0.2) is 18.0 Å². The van der Waals surface area contributed by atoms with Gasteiger partial charge in [0.25, 0.3) is 0 Å². The van der Waals surface area contributed by atoms with E-state index in [1.165, 1.54) is 49.0 Å². The fourth-order valence-corrected chi connectivity index (χ4v) is 4.24. The minimum Gasteiger partial charge on any atom is -0.299 e. The van der Waals surface area contributed by atoms with Crippen LogP contribution in [0.2, 0.25) is 0 Å². The summed E-state index contributed by atoms with van der Waals surface area (Å²) < 4.78 is 0. The lowest BCUT2D eigenvalue weighted by Gasteiger charge is -2.27. The summed E-state index contributed by atoms with van der Waals surface area (Å²) in [4.78, 5) is 2.57. The van der Waals surface area contributed by atoms with E-state index in [9.17, 15) is 5.26 Å². The number of piperidine rings is 1. The Kier molecular flexibility index (Phi) is 6.42. The molecule has 30 heavy (non-hydrogen) atoms. The summed E-state index contributed by atoms with van der Waals surface area (Å²) >= 11 is 0. The van der Waals surface area contributed by atoms with Crippen molar-refractivity contribution >= 4 is 12.2 Å². The number of benzene rings is 3. The summed E-state index contributed by atoms with van der Waals surface area (Å²) in [6.07, 6.45) is 8.19. The number of nitrogens with zero attached hydrogens (tertiary/aromatic N) is 2. The van der Waals surface area contributed by atoms with Crippen LogP contribution in [0, 0.1) is 18.3 Å². The molecule has 1 heterocycles. The summed E-state index contributed by atoms with van der Waals surface area (Å²) in [6, 6.07) is 25.3. The van der Waals surface area contributed by atoms with E-state index in [0.717, 1.165) is 28.8 Å². The van der Waals surface area contributed by atoms with Gasteiger partial charge in [0.15, 0.2) is 0 Å². The van der Waals surface area contributed by atoms with Crippen molar-refractivity contribution in [2.45, 2.75) is 32.7 Å². The Morgan fingerprint density at radius 1 is 0.900 bits per heavy atom. The molecule has 1 aliphatic rings. The van der Waals surface area contributed by atoms with Crippen LogP contribution in [0.15, 0.2) is 66.7 Å². The first-order valence-electron chi connectivity index (χ1n) is 10.8. The molecule has 0 bridgehead atoms. The second-order valence-electron chi connectivity index (χ2n) is 8.10. The van der Waals surface area contributed by atoms with Gasteiger partial charge in [0.1, 0.15) is 6.07 Å². The number of hydrogen-bond acceptors (Lipinski definition) is 2. The van der Waals surface area contributed by atoms with Crippen molar-refractivity contribution in [2.24, 2.45) is 0 Å². The highest BCUT2D eigenvalue weighted by molar-refractivity contribution is 5.80. The van der Waals surface area contributed by atoms with E-state index in [1.807, 2.05) is 48.5 Å². The zero-order valence-electron chi connectivity index (χ0n) is 17.6. The molecule has 3 aromatic rings. The highest BCUT2D eigenvalue weighted by Crippen LogP contribution is 2.27. The van der Waals surface area contributed by atoms with Gasteiger partial charge in [-0.3, -0.25) is 4.90 Å². The van der Waals surface area contributed by atoms with E-state index in [2.05, 4.69) is 48.2 Å². The topological polar surface area (TPSA) is 27.0 Å². The summed E-state index contributed by atoms with van der Waals surface area (Å²) in [5.74, 6) is 0. The molecule has 0 amide bonds. The first kappa shape index (κ1) is 20.1. The lowest BCUT2D eigenvalue weighted by molar-refractivity contribution is 0.220. The third-order valence-corrected chi connectivity index (χ3v) is 5.96. The molecule has 0 aromatic heterocycles. The van der Waals surface area contributed by atoms with Crippen molar-refractivity contribution in [3.05, 3.63) is 94.5 Å². The third kappa shape index (κ3) is 4.70. The van der Waals surface area contributed by atoms with Crippen LogP contribution in [0.4, 0.5) is 0 Å². The van der Waals surface area contributed by atoms with Crippen LogP contribution in [0.1, 0.15) is 47.1 Å². The minimum atomic E-state index is 0.721. The Morgan fingerprint density at radius 2 is 1.70 bits per heavy atom. The van der Waals surface area contributed by atoms with Crippen molar-refractivity contribution in [3.8, 4) is 17.2 Å². The largest absolute Gasteiger partial charge is 0.299 e. The predicted molar refractivity (Wildman–Crippen MR) is 126 cm³/mol. The van der Waals surface area contributed by atoms with Crippen LogP contribution in [0.25, 0.3) is 23.3 Å². The molecule has 0 spiro atoms. The van der Waals surface area contributed by atoms with Gasteiger partial charge in [-0.2, -0.15) is 5.26 Å². The van der Waals surface area contributed by atoms with Crippen molar-refractivity contribution < 1.29 is 0 Å². The van der Waals surface area contributed by atoms with Crippen LogP contribution in [0.3, 0.4) is 0 Å². The molecule has 1 saturated heterocycles. The molecule has 2 nitrogen and oxygen atoms in total. The monoisotopic (exact) mass is 392 g/mol. The van der Waals surface area contributed by atoms with Crippen LogP contribution < -0.4 is 0 Å². The van der Waals surface area contributed by atoms with E-state index >= 15 is 0 Å². The highest BCUT2D eigenvalue weighted by atomic mass is 15.1. The molecule has 150 valence electrons. The first-order valence-corrected chi connectivity index (χ1v) is 10.8. The number of rotatable bonds is 5. The Balaban J connectivity index is 1.55. The van der Waals surface area contributed by atoms with Gasteiger partial charge in [-0.1, -0.05) is 85.3 Å². The van der Waals surface area contributed by atoms with E-state index in [-0.39, 0.29) is 0 Å². The molecule has 0 unspecified atom stereocenters. The molecule has 4 rings (SSSR count). The first-order chi connectivity index (χ1) is 14.7. The molecule has 0 atom stereocenters. The van der Waals surface area contributed by atoms with Gasteiger partial charge in [-0.05, 0) is 60.7 Å². The fourth-order valence-electron chi connectivity index (χ4n) is 4.24. The molecule has 0 N–H and O–H groups in total. The minimum absolute atomic E-state index is 0.721. The SMILES string of the molecule is Cc1cc(/C=C/c2cccc(-c3ccccc3)c2C#N)ccc1CN1CCCCC1. The molecule has 0 radical (unpaired) electrons. The molecule has 0 aliphatic carbocycles. The van der Waals surface area contributed by atoms with Crippen molar-refractivity contribution in [2.75, 3.05) is 13.1 Å². The quantitative estimate of drug-likeness (QED) is 0.452. The molecule has 1 aliphatic heterocycles. The summed E-state index contributed by atoms with van der Waals surface area (Å²) in [6.45, 7) is 5.69. The summed E-state index contributed by atoms with van der Waals surface area (Å²) in [5, 5.41) is 9.81. The Hall–Kier alpha value is -3.15. The molecular formula is C28H28N2. The second kappa shape index (κ2) is 9.57. The number of nitriles is 1. The zero-order chi connectivity index (χ0) is 20.8. The van der Waals surface area contributed by atoms with Crippen molar-refractivity contribution in [1.82, 2.24) is 4.90 Å². The Labute approximate surface area is 180 Å². The second-order valence-corrected chi connectivity index (χ2v) is 8.10. The van der Waals surface area contributed by atoms with Gasteiger partial charge >= 0.3 is 0 Å². The van der Waals surface area contributed by atoms with Gasteiger partial charge in [0.2, 0.25) is 0 Å². The van der Waals surface area contributed by atoms with Crippen LogP contribution >= 0.6 is 0 Å². The van der Waals surface area contributed by atoms with Gasteiger partial charge in [-0.15, -0.1) is 0 Å². The molecule has 2 heteroatoms. The summed E-state index contributed by atoms with van der Waals surface area (Å²) in [7, 11) is 0. The Morgan fingerprint density at radius 3 is 2.43 bits per heavy atom. The lowest BCUT2D eigenvalue weighted by atomic mass is 9.95. The van der Waals surface area contributed by atoms with Crippen molar-refractivity contribution in [1.29, 1.82) is 5.26 Å². The Bertz CT molecular complexity index is 1070. The molecule has 0 saturated carbocycles. The number of aryl methyl sites for hydroxylation is 1. The molecular weight excluding hydrogens is 364 g/mol. The van der Waals surface area contributed by atoms with E-state index < -0.39 is 0 Å². The third-order valence-electron chi connectivity index (χ3n) is 5.96. The maximum absolute atomic E-state index is 9.81. The smallest absolute Gasteiger partial charge is 0.100 e. The average molecular weight is 393 g/mol. The number of hydrogen-bond donors (Lipinski definition) is 0. The van der Waals surface area contributed by atoms with Gasteiger partial charge < -0.3 is 0 Å². The maximum atomic E-state index is 9.81. The molecule has 3 aromatic carbocycles. The molecule has 1 fully saturated rings. The maximum Gasteiger partial charge on any atom is 0.100 e.